The molecule has 1 fully saturated rings. The monoisotopic (exact) mass is 653 g/mol. The van der Waals surface area contributed by atoms with Gasteiger partial charge in [0.25, 0.3) is 0 Å². The van der Waals surface area contributed by atoms with E-state index in [2.05, 4.69) is 48.5 Å². The summed E-state index contributed by atoms with van der Waals surface area (Å²) in [5.41, 5.74) is 6.72. The molecule has 0 radical (unpaired) electrons. The molecular weight excluding hydrogens is 618 g/mol. The summed E-state index contributed by atoms with van der Waals surface area (Å²) in [4.78, 5) is 18.3. The van der Waals surface area contributed by atoms with Crippen LogP contribution in [0.1, 0.15) is 55.0 Å². The van der Waals surface area contributed by atoms with Gasteiger partial charge >= 0.3 is 0 Å². The highest BCUT2D eigenvalue weighted by Gasteiger charge is 2.17. The zero-order chi connectivity index (χ0) is 32.9. The van der Waals surface area contributed by atoms with E-state index >= 15 is 0 Å². The molecule has 7 nitrogen and oxygen atoms in total. The fraction of sp³-hybridized carbons (Fsp3) is 0.243. The Labute approximate surface area is 275 Å². The van der Waals surface area contributed by atoms with Crippen LogP contribution in [0.25, 0.3) is 28.1 Å². The van der Waals surface area contributed by atoms with E-state index in [0.29, 0.717) is 29.5 Å². The Balaban J connectivity index is 1.24. The Morgan fingerprint density at radius 3 is 2.23 bits per heavy atom. The molecule has 1 unspecified atom stereocenters. The van der Waals surface area contributed by atoms with Crippen molar-refractivity contribution in [2.75, 3.05) is 18.5 Å². The molecule has 242 valence electrons. The van der Waals surface area contributed by atoms with E-state index < -0.39 is 28.8 Å². The number of carbonyl (C=O) groups excluding carboxylic acids is 1. The molecule has 1 aliphatic rings. The number of imidazole rings is 1. The molecule has 4 aromatic carbocycles. The summed E-state index contributed by atoms with van der Waals surface area (Å²) in [7, 11) is 1.68. The van der Waals surface area contributed by atoms with E-state index in [1.165, 1.54) is 49.8 Å². The Morgan fingerprint density at radius 2 is 1.60 bits per heavy atom. The van der Waals surface area contributed by atoms with Crippen LogP contribution in [0.15, 0.2) is 97.2 Å². The highest BCUT2D eigenvalue weighted by molar-refractivity contribution is 7.77. The lowest BCUT2D eigenvalue weighted by Crippen LogP contribution is -2.35. The van der Waals surface area contributed by atoms with Gasteiger partial charge in [-0.2, -0.15) is 0 Å². The molecule has 1 saturated carbocycles. The number of nitrogens with one attached hydrogen (secondary N) is 1. The summed E-state index contributed by atoms with van der Waals surface area (Å²) < 4.78 is 53.7. The zero-order valence-corrected chi connectivity index (χ0v) is 26.8. The number of amides is 1. The lowest BCUT2D eigenvalue weighted by Gasteiger charge is -2.22. The van der Waals surface area contributed by atoms with E-state index in [-0.39, 0.29) is 12.1 Å². The van der Waals surface area contributed by atoms with Gasteiger partial charge in [-0.25, -0.2) is 13.8 Å². The number of halogens is 2. The fourth-order valence-corrected chi connectivity index (χ4v) is 6.53. The molecule has 1 aromatic heterocycles. The Kier molecular flexibility index (Phi) is 9.89. The number of rotatable bonds is 10. The van der Waals surface area contributed by atoms with E-state index in [0.717, 1.165) is 28.4 Å². The molecule has 0 saturated heterocycles. The maximum Gasteiger partial charge on any atom is 0.250 e. The molecule has 1 atom stereocenters. The number of benzene rings is 4. The molecular formula is C37H35F2N4O3S-. The molecule has 1 heterocycles. The third-order valence-electron chi connectivity index (χ3n) is 8.77. The van der Waals surface area contributed by atoms with Crippen LogP contribution in [-0.4, -0.2) is 37.8 Å². The van der Waals surface area contributed by atoms with E-state index in [4.69, 9.17) is 4.98 Å². The number of carbonyl (C=O) groups is 1. The molecule has 47 heavy (non-hydrogen) atoms. The minimum atomic E-state index is -2.68. The number of likely N-dealkylation sites (N-methyl/N-ethyl adjacent to an activating group) is 1. The topological polar surface area (TPSA) is 90.3 Å². The summed E-state index contributed by atoms with van der Waals surface area (Å²) in [6, 6.07) is 28.0. The second kappa shape index (κ2) is 14.4. The van der Waals surface area contributed by atoms with Crippen molar-refractivity contribution in [3.8, 4) is 28.1 Å². The number of aromatic nitrogens is 2. The number of hydrogen-bond donors (Lipinski definition) is 1. The van der Waals surface area contributed by atoms with E-state index in [9.17, 15) is 22.3 Å². The van der Waals surface area contributed by atoms with Crippen molar-refractivity contribution in [2.24, 2.45) is 0 Å². The summed E-state index contributed by atoms with van der Waals surface area (Å²) in [6.45, 7) is -0.154. The SMILES string of the molecule is CN(CC(=O)NS(=O)[O-])c1ccc(-n2cc(-c3ccc(F)cc3F)nc2Cc2ccc(-c3ccc(C4CCCCC4)cc3)cc2)cc1. The fourth-order valence-electron chi connectivity index (χ4n) is 6.27. The lowest BCUT2D eigenvalue weighted by atomic mass is 9.83. The van der Waals surface area contributed by atoms with Crippen LogP contribution in [0.5, 0.6) is 0 Å². The standard InChI is InChI=1S/C37H36F2N4O3S/c1-42(24-37(44)41-47(45)46)31-16-18-32(19-17-31)43-23-35(33-20-15-30(38)22-34(33)39)40-36(43)21-25-7-9-27(10-8-25)29-13-11-28(12-14-29)26-5-3-2-4-6-26/h7-20,22-23,26H,2-6,21,24H2,1H3,(H,41,44)(H,45,46)/p-1. The highest BCUT2D eigenvalue weighted by Crippen LogP contribution is 2.34. The average Bonchev–Trinajstić information content (AvgIpc) is 3.48. The highest BCUT2D eigenvalue weighted by atomic mass is 32.2. The third-order valence-corrected chi connectivity index (χ3v) is 9.16. The van der Waals surface area contributed by atoms with Gasteiger partial charge in [0.1, 0.15) is 17.5 Å². The molecule has 5 aromatic rings. The zero-order valence-electron chi connectivity index (χ0n) is 26.0. The van der Waals surface area contributed by atoms with Crippen LogP contribution in [-0.2, 0) is 22.5 Å². The maximum atomic E-state index is 14.8. The second-order valence-electron chi connectivity index (χ2n) is 12.0. The van der Waals surface area contributed by atoms with Gasteiger partial charge in [-0.1, -0.05) is 67.8 Å². The first-order chi connectivity index (χ1) is 22.7. The van der Waals surface area contributed by atoms with Crippen molar-refractivity contribution in [1.29, 1.82) is 0 Å². The molecule has 1 amide bonds. The van der Waals surface area contributed by atoms with Crippen molar-refractivity contribution in [3.63, 3.8) is 0 Å². The number of nitrogens with zero attached hydrogens (tertiary/aromatic N) is 3. The number of anilines is 1. The van der Waals surface area contributed by atoms with Crippen LogP contribution < -0.4 is 9.62 Å². The van der Waals surface area contributed by atoms with Crippen molar-refractivity contribution >= 4 is 22.9 Å². The van der Waals surface area contributed by atoms with Crippen LogP contribution in [0, 0.1) is 11.6 Å². The van der Waals surface area contributed by atoms with Gasteiger partial charge in [-0.3, -0.25) is 13.7 Å². The predicted octanol–water partition coefficient (Wildman–Crippen LogP) is 7.47. The van der Waals surface area contributed by atoms with E-state index in [1.807, 2.05) is 21.4 Å². The first-order valence-electron chi connectivity index (χ1n) is 15.7. The van der Waals surface area contributed by atoms with Crippen molar-refractivity contribution in [2.45, 2.75) is 44.4 Å². The largest absolute Gasteiger partial charge is 0.755 e. The Morgan fingerprint density at radius 1 is 0.936 bits per heavy atom. The molecule has 0 bridgehead atoms. The molecule has 0 aliphatic heterocycles. The maximum absolute atomic E-state index is 14.8. The molecule has 1 N–H and O–H groups in total. The van der Waals surface area contributed by atoms with Gasteiger partial charge in [0.2, 0.25) is 5.91 Å². The molecule has 1 aliphatic carbocycles. The molecule has 0 spiro atoms. The Bertz CT molecular complexity index is 1870. The molecule has 10 heteroatoms. The predicted molar refractivity (Wildman–Crippen MR) is 180 cm³/mol. The minimum Gasteiger partial charge on any atom is -0.755 e. The second-order valence-corrected chi connectivity index (χ2v) is 12.7. The van der Waals surface area contributed by atoms with Crippen molar-refractivity contribution in [3.05, 3.63) is 126 Å². The summed E-state index contributed by atoms with van der Waals surface area (Å²) in [5, 5.41) is 0. The van der Waals surface area contributed by atoms with Gasteiger partial charge in [0, 0.05) is 53.9 Å². The molecule has 6 rings (SSSR count). The van der Waals surface area contributed by atoms with Crippen LogP contribution in [0.3, 0.4) is 0 Å². The summed E-state index contributed by atoms with van der Waals surface area (Å²) >= 11 is -2.68. The average molecular weight is 654 g/mol. The van der Waals surface area contributed by atoms with Gasteiger partial charge in [-0.15, -0.1) is 0 Å². The normalized spacial score (nSPS) is 14.1. The summed E-state index contributed by atoms with van der Waals surface area (Å²) in [6.07, 6.45) is 8.68. The lowest BCUT2D eigenvalue weighted by molar-refractivity contribution is -0.118. The van der Waals surface area contributed by atoms with Crippen LogP contribution in [0.2, 0.25) is 0 Å². The van der Waals surface area contributed by atoms with Gasteiger partial charge in [0.05, 0.1) is 12.2 Å². The number of hydrogen-bond acceptors (Lipinski definition) is 5. The van der Waals surface area contributed by atoms with Crippen molar-refractivity contribution in [1.82, 2.24) is 14.3 Å². The van der Waals surface area contributed by atoms with Crippen LogP contribution >= 0.6 is 0 Å². The van der Waals surface area contributed by atoms with E-state index in [1.54, 1.807) is 30.3 Å². The van der Waals surface area contributed by atoms with Gasteiger partial charge in [0.15, 0.2) is 0 Å². The minimum absolute atomic E-state index is 0.154. The third kappa shape index (κ3) is 7.84. The van der Waals surface area contributed by atoms with Crippen molar-refractivity contribution < 1.29 is 22.3 Å². The van der Waals surface area contributed by atoms with Gasteiger partial charge in [-0.05, 0) is 77.4 Å². The van der Waals surface area contributed by atoms with Crippen LogP contribution in [0.4, 0.5) is 14.5 Å². The first-order valence-corrected chi connectivity index (χ1v) is 16.7. The Hall–Kier alpha value is -4.67. The summed E-state index contributed by atoms with van der Waals surface area (Å²) in [5.74, 6) is -0.695. The quantitative estimate of drug-likeness (QED) is 0.158. The van der Waals surface area contributed by atoms with Gasteiger partial charge < -0.3 is 14.0 Å². The smallest absolute Gasteiger partial charge is 0.250 e. The first kappa shape index (κ1) is 32.3.